The van der Waals surface area contributed by atoms with Crippen molar-refractivity contribution in [1.29, 1.82) is 5.41 Å². The highest BCUT2D eigenvalue weighted by Crippen LogP contribution is 2.29. The lowest BCUT2D eigenvalue weighted by Crippen LogP contribution is -2.10. The largest absolute Gasteiger partial charge is 0.416 e. The third-order valence-corrected chi connectivity index (χ3v) is 3.22. The Kier molecular flexibility index (Phi) is 8.14. The molecule has 0 amide bonds. The quantitative estimate of drug-likeness (QED) is 0.603. The molecule has 0 aromatic heterocycles. The highest BCUT2D eigenvalue weighted by molar-refractivity contribution is 5.94. The maximum atomic E-state index is 12.6. The van der Waals surface area contributed by atoms with Crippen LogP contribution < -0.4 is 5.73 Å². The number of rotatable bonds is 4. The van der Waals surface area contributed by atoms with Crippen LogP contribution in [0.5, 0.6) is 0 Å². The average molecular weight is 365 g/mol. The first-order valence-corrected chi connectivity index (χ1v) is 6.46. The van der Waals surface area contributed by atoms with Crippen LogP contribution in [0.15, 0.2) is 48.5 Å². The van der Waals surface area contributed by atoms with Crippen LogP contribution in [0.4, 0.5) is 13.2 Å². The number of hydrogen-bond acceptors (Lipinski definition) is 1. The number of nitrogen functional groups attached to an aromatic ring is 1. The number of amidine groups is 1. The number of hydrogen-bond donors (Lipinski definition) is 2. The van der Waals surface area contributed by atoms with E-state index in [1.54, 1.807) is 18.2 Å². The summed E-state index contributed by atoms with van der Waals surface area (Å²) < 4.78 is 37.9. The molecule has 0 bridgehead atoms. The third kappa shape index (κ3) is 6.12. The van der Waals surface area contributed by atoms with Gasteiger partial charge < -0.3 is 5.73 Å². The molecule has 23 heavy (non-hydrogen) atoms. The average Bonchev–Trinajstić information content (AvgIpc) is 2.45. The second kappa shape index (κ2) is 8.79. The van der Waals surface area contributed by atoms with Crippen LogP contribution >= 0.6 is 24.8 Å². The topological polar surface area (TPSA) is 49.9 Å². The van der Waals surface area contributed by atoms with E-state index in [-0.39, 0.29) is 30.6 Å². The summed E-state index contributed by atoms with van der Waals surface area (Å²) in [5.74, 6) is -0.000529. The van der Waals surface area contributed by atoms with Crippen LogP contribution in [0.25, 0.3) is 0 Å². The molecular weight excluding hydrogens is 348 g/mol. The number of benzene rings is 2. The van der Waals surface area contributed by atoms with Crippen LogP contribution in [0.2, 0.25) is 0 Å². The van der Waals surface area contributed by atoms with Crippen molar-refractivity contribution in [2.45, 2.75) is 19.0 Å². The summed E-state index contributed by atoms with van der Waals surface area (Å²) in [7, 11) is 0. The smallest absolute Gasteiger partial charge is 0.384 e. The summed E-state index contributed by atoms with van der Waals surface area (Å²) in [6.07, 6.45) is -3.14. The lowest BCUT2D eigenvalue weighted by molar-refractivity contribution is -0.137. The van der Waals surface area contributed by atoms with Crippen molar-refractivity contribution in [1.82, 2.24) is 0 Å². The van der Waals surface area contributed by atoms with Gasteiger partial charge in [0.05, 0.1) is 5.56 Å². The Morgan fingerprint density at radius 1 is 0.913 bits per heavy atom. The zero-order valence-electron chi connectivity index (χ0n) is 12.1. The van der Waals surface area contributed by atoms with E-state index in [1.165, 1.54) is 12.1 Å². The molecule has 0 aliphatic heterocycles. The van der Waals surface area contributed by atoms with E-state index < -0.39 is 11.7 Å². The Hall–Kier alpha value is -1.72. The monoisotopic (exact) mass is 364 g/mol. The number of halogens is 5. The molecule has 0 saturated heterocycles. The molecule has 3 N–H and O–H groups in total. The normalized spacial score (nSPS) is 10.4. The predicted molar refractivity (Wildman–Crippen MR) is 90.8 cm³/mol. The minimum atomic E-state index is -4.31. The van der Waals surface area contributed by atoms with Crippen LogP contribution in [0.1, 0.15) is 22.3 Å². The SMILES string of the molecule is Cl.Cl.N=C(N)c1ccc(CCc2cccc(C(F)(F)F)c2)cc1. The zero-order valence-corrected chi connectivity index (χ0v) is 13.7. The van der Waals surface area contributed by atoms with Gasteiger partial charge in [-0.1, -0.05) is 42.5 Å². The van der Waals surface area contributed by atoms with Crippen molar-refractivity contribution in [3.8, 4) is 0 Å². The van der Waals surface area contributed by atoms with Gasteiger partial charge in [-0.25, -0.2) is 0 Å². The molecule has 2 nitrogen and oxygen atoms in total. The highest BCUT2D eigenvalue weighted by atomic mass is 35.5. The maximum absolute atomic E-state index is 12.6. The molecule has 2 rings (SSSR count). The molecule has 0 heterocycles. The van der Waals surface area contributed by atoms with Gasteiger partial charge in [0.1, 0.15) is 5.84 Å². The molecule has 0 spiro atoms. The van der Waals surface area contributed by atoms with Crippen LogP contribution in [-0.2, 0) is 19.0 Å². The summed E-state index contributed by atoms with van der Waals surface area (Å²) >= 11 is 0. The van der Waals surface area contributed by atoms with Gasteiger partial charge >= 0.3 is 6.18 Å². The summed E-state index contributed by atoms with van der Waals surface area (Å²) in [6, 6.07) is 12.5. The molecule has 0 aliphatic carbocycles. The zero-order chi connectivity index (χ0) is 15.5. The Bertz CT molecular complexity index is 641. The van der Waals surface area contributed by atoms with E-state index >= 15 is 0 Å². The fourth-order valence-corrected chi connectivity index (χ4v) is 2.04. The molecule has 2 aromatic rings. The van der Waals surface area contributed by atoms with E-state index in [2.05, 4.69) is 0 Å². The minimum Gasteiger partial charge on any atom is -0.384 e. The van der Waals surface area contributed by atoms with Crippen LogP contribution in [-0.4, -0.2) is 5.84 Å². The Morgan fingerprint density at radius 2 is 1.48 bits per heavy atom. The van der Waals surface area contributed by atoms with Crippen molar-refractivity contribution in [3.05, 3.63) is 70.8 Å². The molecule has 7 heteroatoms. The molecule has 126 valence electrons. The lowest BCUT2D eigenvalue weighted by Gasteiger charge is -2.09. The van der Waals surface area contributed by atoms with Crippen LogP contribution in [0.3, 0.4) is 0 Å². The van der Waals surface area contributed by atoms with E-state index in [0.29, 0.717) is 24.0 Å². The van der Waals surface area contributed by atoms with Gasteiger partial charge in [0.25, 0.3) is 0 Å². The van der Waals surface area contributed by atoms with E-state index in [4.69, 9.17) is 11.1 Å². The first-order valence-electron chi connectivity index (χ1n) is 6.46. The lowest BCUT2D eigenvalue weighted by atomic mass is 10.0. The Balaban J connectivity index is 0.00000242. The Labute approximate surface area is 145 Å². The van der Waals surface area contributed by atoms with Gasteiger partial charge in [0.2, 0.25) is 0 Å². The van der Waals surface area contributed by atoms with Gasteiger partial charge in [0.15, 0.2) is 0 Å². The molecule has 0 radical (unpaired) electrons. The van der Waals surface area contributed by atoms with Gasteiger partial charge in [0, 0.05) is 5.56 Å². The summed E-state index contributed by atoms with van der Waals surface area (Å²) in [6.45, 7) is 0. The summed E-state index contributed by atoms with van der Waals surface area (Å²) in [5.41, 5.74) is 7.03. The fraction of sp³-hybridized carbons (Fsp3) is 0.188. The number of aryl methyl sites for hydroxylation is 2. The molecular formula is C16H17Cl2F3N2. The minimum absolute atomic E-state index is 0. The van der Waals surface area contributed by atoms with Gasteiger partial charge in [-0.3, -0.25) is 5.41 Å². The number of nitrogens with two attached hydrogens (primary N) is 1. The first-order chi connectivity index (χ1) is 9.86. The number of nitrogens with one attached hydrogen (secondary N) is 1. The predicted octanol–water partition coefficient (Wildman–Crippen LogP) is 4.62. The third-order valence-electron chi connectivity index (χ3n) is 3.22. The van der Waals surface area contributed by atoms with Crippen molar-refractivity contribution in [3.63, 3.8) is 0 Å². The van der Waals surface area contributed by atoms with Gasteiger partial charge in [-0.05, 0) is 30.0 Å². The second-order valence-electron chi connectivity index (χ2n) is 4.81. The molecule has 0 fully saturated rings. The van der Waals surface area contributed by atoms with E-state index in [1.807, 2.05) is 12.1 Å². The van der Waals surface area contributed by atoms with Crippen molar-refractivity contribution >= 4 is 30.6 Å². The summed E-state index contributed by atoms with van der Waals surface area (Å²) in [4.78, 5) is 0. The van der Waals surface area contributed by atoms with Crippen molar-refractivity contribution in [2.24, 2.45) is 5.73 Å². The highest BCUT2D eigenvalue weighted by Gasteiger charge is 2.30. The fourth-order valence-electron chi connectivity index (χ4n) is 2.04. The van der Waals surface area contributed by atoms with Crippen LogP contribution in [0, 0.1) is 5.41 Å². The summed E-state index contributed by atoms with van der Waals surface area (Å²) in [5, 5.41) is 7.30. The van der Waals surface area contributed by atoms with Gasteiger partial charge in [-0.2, -0.15) is 13.2 Å². The molecule has 0 atom stereocenters. The van der Waals surface area contributed by atoms with E-state index in [0.717, 1.165) is 11.6 Å². The molecule has 0 unspecified atom stereocenters. The molecule has 2 aromatic carbocycles. The first kappa shape index (κ1) is 21.3. The second-order valence-corrected chi connectivity index (χ2v) is 4.81. The molecule has 0 aliphatic rings. The number of alkyl halides is 3. The standard InChI is InChI=1S/C16H15F3N2.2ClH/c17-16(18,19)14-3-1-2-12(10-14)5-4-11-6-8-13(9-7-11)15(20)21;;/h1-3,6-10H,4-5H2,(H3,20,21);2*1H. The Morgan fingerprint density at radius 3 is 2.00 bits per heavy atom. The van der Waals surface area contributed by atoms with E-state index in [9.17, 15) is 13.2 Å². The van der Waals surface area contributed by atoms with Crippen molar-refractivity contribution < 1.29 is 13.2 Å². The molecule has 0 saturated carbocycles. The van der Waals surface area contributed by atoms with Gasteiger partial charge in [-0.15, -0.1) is 24.8 Å². The maximum Gasteiger partial charge on any atom is 0.416 e. The van der Waals surface area contributed by atoms with Crippen molar-refractivity contribution in [2.75, 3.05) is 0 Å².